The van der Waals surface area contributed by atoms with Crippen LogP contribution >= 0.6 is 0 Å². The first-order chi connectivity index (χ1) is 13.1. The Labute approximate surface area is 164 Å². The monoisotopic (exact) mass is 382 g/mol. The molecule has 2 aromatic carbocycles. The number of anilines is 3. The van der Waals surface area contributed by atoms with Crippen molar-refractivity contribution in [2.24, 2.45) is 0 Å². The topological polar surface area (TPSA) is 99.3 Å². The van der Waals surface area contributed by atoms with Crippen molar-refractivity contribution >= 4 is 34.8 Å². The minimum atomic E-state index is -0.310. The van der Waals surface area contributed by atoms with E-state index in [1.807, 2.05) is 20.8 Å². The normalized spacial score (nSPS) is 10.7. The molecule has 7 heteroatoms. The van der Waals surface area contributed by atoms with Gasteiger partial charge in [-0.25, -0.2) is 0 Å². The molecule has 0 bridgehead atoms. The zero-order valence-electron chi connectivity index (χ0n) is 16.6. The zero-order valence-corrected chi connectivity index (χ0v) is 16.6. The van der Waals surface area contributed by atoms with E-state index in [-0.39, 0.29) is 29.8 Å². The van der Waals surface area contributed by atoms with Gasteiger partial charge in [0.1, 0.15) is 0 Å². The summed E-state index contributed by atoms with van der Waals surface area (Å²) in [5.41, 5.74) is 2.29. The molecule has 0 aliphatic rings. The number of hydrogen-bond donors (Lipinski definition) is 4. The van der Waals surface area contributed by atoms with Gasteiger partial charge in [-0.3, -0.25) is 14.4 Å². The van der Waals surface area contributed by atoms with Crippen LogP contribution in [0.3, 0.4) is 0 Å². The highest BCUT2D eigenvalue weighted by Crippen LogP contribution is 2.14. The summed E-state index contributed by atoms with van der Waals surface area (Å²) in [7, 11) is 0. The maximum atomic E-state index is 12.1. The molecule has 28 heavy (non-hydrogen) atoms. The van der Waals surface area contributed by atoms with Crippen LogP contribution in [0.5, 0.6) is 0 Å². The molecule has 4 N–H and O–H groups in total. The van der Waals surface area contributed by atoms with Crippen LogP contribution in [0.15, 0.2) is 48.5 Å². The minimum absolute atomic E-state index is 0.0890. The number of nitrogens with one attached hydrogen (secondary N) is 4. The van der Waals surface area contributed by atoms with Crippen LogP contribution in [0.2, 0.25) is 0 Å². The van der Waals surface area contributed by atoms with Crippen LogP contribution in [-0.4, -0.2) is 29.8 Å². The first-order valence-electron chi connectivity index (χ1n) is 8.96. The van der Waals surface area contributed by atoms with Gasteiger partial charge in [0, 0.05) is 35.1 Å². The molecule has 148 valence electrons. The summed E-state index contributed by atoms with van der Waals surface area (Å²) < 4.78 is 0. The Kier molecular flexibility index (Phi) is 6.76. The fourth-order valence-electron chi connectivity index (χ4n) is 2.38. The molecule has 0 radical (unpaired) electrons. The van der Waals surface area contributed by atoms with Crippen molar-refractivity contribution in [3.05, 3.63) is 54.1 Å². The number of benzene rings is 2. The fourth-order valence-corrected chi connectivity index (χ4v) is 2.38. The van der Waals surface area contributed by atoms with Gasteiger partial charge in [-0.05, 0) is 69.3 Å². The van der Waals surface area contributed by atoms with E-state index in [0.29, 0.717) is 16.9 Å². The highest BCUT2D eigenvalue weighted by Gasteiger charge is 2.15. The van der Waals surface area contributed by atoms with Crippen molar-refractivity contribution in [2.45, 2.75) is 33.2 Å². The van der Waals surface area contributed by atoms with E-state index in [4.69, 9.17) is 0 Å². The number of hydrogen-bond acceptors (Lipinski definition) is 4. The highest BCUT2D eigenvalue weighted by molar-refractivity contribution is 5.97. The van der Waals surface area contributed by atoms with Crippen LogP contribution < -0.4 is 21.3 Å². The van der Waals surface area contributed by atoms with Crippen molar-refractivity contribution in [1.82, 2.24) is 5.32 Å². The van der Waals surface area contributed by atoms with Gasteiger partial charge < -0.3 is 21.3 Å². The van der Waals surface area contributed by atoms with Crippen LogP contribution in [0.1, 0.15) is 38.1 Å². The SMILES string of the molecule is CC(=O)Nc1ccc(NCC(=O)Nc2ccc(C(=O)NC(C)(C)C)cc2)cc1. The summed E-state index contributed by atoms with van der Waals surface area (Å²) in [5, 5.41) is 11.4. The van der Waals surface area contributed by atoms with E-state index < -0.39 is 0 Å². The summed E-state index contributed by atoms with van der Waals surface area (Å²) >= 11 is 0. The smallest absolute Gasteiger partial charge is 0.251 e. The lowest BCUT2D eigenvalue weighted by Gasteiger charge is -2.20. The summed E-state index contributed by atoms with van der Waals surface area (Å²) in [4.78, 5) is 35.2. The number of carbonyl (C=O) groups is 3. The number of amides is 3. The second-order valence-corrected chi connectivity index (χ2v) is 7.44. The molecule has 2 rings (SSSR count). The first-order valence-corrected chi connectivity index (χ1v) is 8.96. The minimum Gasteiger partial charge on any atom is -0.376 e. The Hall–Kier alpha value is -3.35. The molecule has 0 unspecified atom stereocenters. The predicted octanol–water partition coefficient (Wildman–Crippen LogP) is 3.22. The van der Waals surface area contributed by atoms with Crippen molar-refractivity contribution in [1.29, 1.82) is 0 Å². The molecule has 0 aliphatic carbocycles. The maximum absolute atomic E-state index is 12.1. The largest absolute Gasteiger partial charge is 0.376 e. The molecule has 0 aromatic heterocycles. The molecule has 0 aliphatic heterocycles. The Morgan fingerprint density at radius 1 is 0.786 bits per heavy atom. The second-order valence-electron chi connectivity index (χ2n) is 7.44. The Morgan fingerprint density at radius 2 is 1.29 bits per heavy atom. The molecule has 0 spiro atoms. The van der Waals surface area contributed by atoms with Gasteiger partial charge in [0.15, 0.2) is 0 Å². The first kappa shape index (κ1) is 21.0. The van der Waals surface area contributed by atoms with Crippen LogP contribution in [0.25, 0.3) is 0 Å². The van der Waals surface area contributed by atoms with Gasteiger partial charge in [0.05, 0.1) is 6.54 Å². The summed E-state index contributed by atoms with van der Waals surface area (Å²) in [6.07, 6.45) is 0. The Morgan fingerprint density at radius 3 is 1.82 bits per heavy atom. The molecule has 0 fully saturated rings. The molecule has 2 aromatic rings. The third-order valence-corrected chi connectivity index (χ3v) is 3.58. The van der Waals surface area contributed by atoms with E-state index in [1.165, 1.54) is 6.92 Å². The molecule has 0 saturated heterocycles. The van der Waals surface area contributed by atoms with E-state index in [9.17, 15) is 14.4 Å². The maximum Gasteiger partial charge on any atom is 0.251 e. The second kappa shape index (κ2) is 9.03. The molecule has 0 heterocycles. The average molecular weight is 382 g/mol. The van der Waals surface area contributed by atoms with Crippen molar-refractivity contribution < 1.29 is 14.4 Å². The quantitative estimate of drug-likeness (QED) is 0.616. The van der Waals surface area contributed by atoms with Gasteiger partial charge in [0.25, 0.3) is 5.91 Å². The molecule has 0 atom stereocenters. The van der Waals surface area contributed by atoms with Crippen LogP contribution in [0, 0.1) is 0 Å². The molecular weight excluding hydrogens is 356 g/mol. The number of carbonyl (C=O) groups excluding carboxylic acids is 3. The van der Waals surface area contributed by atoms with Crippen molar-refractivity contribution in [2.75, 3.05) is 22.5 Å². The zero-order chi connectivity index (χ0) is 20.7. The van der Waals surface area contributed by atoms with E-state index in [1.54, 1.807) is 48.5 Å². The fraction of sp³-hybridized carbons (Fsp3) is 0.286. The third-order valence-electron chi connectivity index (χ3n) is 3.58. The van der Waals surface area contributed by atoms with Gasteiger partial charge in [-0.2, -0.15) is 0 Å². The molecule has 7 nitrogen and oxygen atoms in total. The van der Waals surface area contributed by atoms with Gasteiger partial charge >= 0.3 is 0 Å². The predicted molar refractivity (Wildman–Crippen MR) is 112 cm³/mol. The van der Waals surface area contributed by atoms with Crippen molar-refractivity contribution in [3.8, 4) is 0 Å². The number of rotatable bonds is 6. The lowest BCUT2D eigenvalue weighted by molar-refractivity contribution is -0.115. The van der Waals surface area contributed by atoms with E-state index >= 15 is 0 Å². The summed E-state index contributed by atoms with van der Waals surface area (Å²) in [6.45, 7) is 7.28. The average Bonchev–Trinajstić information content (AvgIpc) is 2.60. The van der Waals surface area contributed by atoms with Gasteiger partial charge in [-0.15, -0.1) is 0 Å². The van der Waals surface area contributed by atoms with E-state index in [0.717, 1.165) is 5.69 Å². The Balaban J connectivity index is 1.84. The van der Waals surface area contributed by atoms with Gasteiger partial charge in [0.2, 0.25) is 11.8 Å². The standard InChI is InChI=1S/C21H26N4O3/c1-14(26)23-17-11-9-16(10-12-17)22-13-19(27)24-18-7-5-15(6-8-18)20(28)25-21(2,3)4/h5-12,22H,13H2,1-4H3,(H,23,26)(H,24,27)(H,25,28). The summed E-state index contributed by atoms with van der Waals surface area (Å²) in [5.74, 6) is -0.505. The lowest BCUT2D eigenvalue weighted by atomic mass is 10.1. The van der Waals surface area contributed by atoms with Crippen LogP contribution in [0.4, 0.5) is 17.1 Å². The summed E-state index contributed by atoms with van der Waals surface area (Å²) in [6, 6.07) is 13.8. The van der Waals surface area contributed by atoms with E-state index in [2.05, 4.69) is 21.3 Å². The molecule has 0 saturated carbocycles. The molecule has 3 amide bonds. The molecular formula is C21H26N4O3. The Bertz CT molecular complexity index is 837. The highest BCUT2D eigenvalue weighted by atomic mass is 16.2. The van der Waals surface area contributed by atoms with Crippen LogP contribution in [-0.2, 0) is 9.59 Å². The third kappa shape index (κ3) is 7.11. The van der Waals surface area contributed by atoms with Gasteiger partial charge in [-0.1, -0.05) is 0 Å². The lowest BCUT2D eigenvalue weighted by Crippen LogP contribution is -2.40. The van der Waals surface area contributed by atoms with Crippen molar-refractivity contribution in [3.63, 3.8) is 0 Å².